The van der Waals surface area contributed by atoms with Crippen molar-refractivity contribution in [3.8, 4) is 11.8 Å². The van der Waals surface area contributed by atoms with Crippen LogP contribution in [-0.2, 0) is 9.53 Å². The monoisotopic (exact) mass is 417 g/mol. The number of aromatic nitrogens is 1. The molecular formula is C21H27N3O6. The fraction of sp³-hybridized carbons (Fsp3) is 0.381. The van der Waals surface area contributed by atoms with Crippen molar-refractivity contribution in [1.29, 1.82) is 0 Å². The summed E-state index contributed by atoms with van der Waals surface area (Å²) in [5, 5.41) is 22.3. The van der Waals surface area contributed by atoms with Gasteiger partial charge in [-0.25, -0.2) is 4.79 Å². The summed E-state index contributed by atoms with van der Waals surface area (Å²) in [5.41, 5.74) is 7.15. The Labute approximate surface area is 174 Å². The van der Waals surface area contributed by atoms with Crippen LogP contribution >= 0.6 is 0 Å². The number of carbonyl (C=O) groups is 3. The Morgan fingerprint density at radius 2 is 1.87 bits per heavy atom. The van der Waals surface area contributed by atoms with E-state index in [0.29, 0.717) is 11.1 Å². The molecule has 0 bridgehead atoms. The number of nitrogens with two attached hydrogens (primary N) is 1. The molecule has 9 nitrogen and oxygen atoms in total. The zero-order valence-electron chi connectivity index (χ0n) is 17.4. The minimum Gasteiger partial charge on any atom is -0.494 e. The predicted molar refractivity (Wildman–Crippen MR) is 109 cm³/mol. The molecule has 30 heavy (non-hydrogen) atoms. The molecule has 6 N–H and O–H groups in total. The molecule has 0 radical (unpaired) electrons. The molecule has 9 heteroatoms. The lowest BCUT2D eigenvalue weighted by Gasteiger charge is -2.22. The molecule has 2 atom stereocenters. The normalized spacial score (nSPS) is 13.0. The van der Waals surface area contributed by atoms with E-state index in [4.69, 9.17) is 5.73 Å². The van der Waals surface area contributed by atoms with Gasteiger partial charge in [0.1, 0.15) is 0 Å². The van der Waals surface area contributed by atoms with Crippen molar-refractivity contribution in [2.45, 2.75) is 39.3 Å². The Morgan fingerprint density at radius 3 is 2.40 bits per heavy atom. The lowest BCUT2D eigenvalue weighted by atomic mass is 9.93. The Morgan fingerprint density at radius 1 is 1.20 bits per heavy atom. The largest absolute Gasteiger partial charge is 0.494 e. The quantitative estimate of drug-likeness (QED) is 0.325. The second-order valence-electron chi connectivity index (χ2n) is 7.40. The number of hydrogen-bond donors (Lipinski definition) is 5. The van der Waals surface area contributed by atoms with Gasteiger partial charge in [-0.15, -0.1) is 0 Å². The summed E-state index contributed by atoms with van der Waals surface area (Å²) in [6.45, 7) is 4.99. The van der Waals surface area contributed by atoms with Gasteiger partial charge in [0.2, 0.25) is 11.8 Å². The highest BCUT2D eigenvalue weighted by molar-refractivity contribution is 6.05. The third-order valence-corrected chi connectivity index (χ3v) is 4.86. The summed E-state index contributed by atoms with van der Waals surface area (Å²) in [4.78, 5) is 39.4. The smallest absolute Gasteiger partial charge is 0.337 e. The standard InChI is InChI=1S/C21H27N3O6/c1-10(2)17(18(26)16-11(3)19(27)24-20(16)28)23-15(25)9-14(22)12-6-5-7-13(8-12)21(29)30-4/h5-8,10,14,17,24,27-28H,9,22H2,1-4H3,(H,23,25)/t14?,17-/m0/s1. The van der Waals surface area contributed by atoms with Gasteiger partial charge >= 0.3 is 5.97 Å². The van der Waals surface area contributed by atoms with Crippen LogP contribution in [0.4, 0.5) is 0 Å². The Bertz CT molecular complexity index is 950. The number of methoxy groups -OCH3 is 1. The van der Waals surface area contributed by atoms with Crippen molar-refractivity contribution in [3.63, 3.8) is 0 Å². The molecular weight excluding hydrogens is 390 g/mol. The van der Waals surface area contributed by atoms with E-state index in [9.17, 15) is 24.6 Å². The van der Waals surface area contributed by atoms with E-state index >= 15 is 0 Å². The van der Waals surface area contributed by atoms with Crippen molar-refractivity contribution < 1.29 is 29.3 Å². The van der Waals surface area contributed by atoms with Gasteiger partial charge in [-0.05, 0) is 30.5 Å². The molecule has 1 aromatic carbocycles. The summed E-state index contributed by atoms with van der Waals surface area (Å²) in [7, 11) is 1.27. The third kappa shape index (κ3) is 4.98. The Kier molecular flexibility index (Phi) is 7.23. The minimum atomic E-state index is -0.925. The number of ether oxygens (including phenoxy) is 1. The minimum absolute atomic E-state index is 0.0680. The van der Waals surface area contributed by atoms with Gasteiger partial charge in [0.05, 0.1) is 24.3 Å². The SMILES string of the molecule is COC(=O)c1cccc(C(N)CC(=O)N[C@H](C(=O)c2c(O)[nH]c(O)c2C)C(C)C)c1. The maximum absolute atomic E-state index is 12.9. The van der Waals surface area contributed by atoms with Gasteiger partial charge in [-0.2, -0.15) is 0 Å². The molecule has 1 aromatic heterocycles. The van der Waals surface area contributed by atoms with Crippen LogP contribution in [0.2, 0.25) is 0 Å². The number of ketones is 1. The number of esters is 1. The number of aromatic amines is 1. The first-order valence-electron chi connectivity index (χ1n) is 9.44. The molecule has 162 valence electrons. The van der Waals surface area contributed by atoms with Crippen LogP contribution in [0, 0.1) is 12.8 Å². The van der Waals surface area contributed by atoms with Gasteiger partial charge in [-0.1, -0.05) is 26.0 Å². The zero-order chi connectivity index (χ0) is 22.6. The van der Waals surface area contributed by atoms with Gasteiger partial charge in [0.25, 0.3) is 0 Å². The number of aromatic hydroxyl groups is 2. The molecule has 0 spiro atoms. The molecule has 1 amide bonds. The van der Waals surface area contributed by atoms with Gasteiger partial charge in [0, 0.05) is 18.0 Å². The molecule has 0 aliphatic heterocycles. The molecule has 0 saturated heterocycles. The Hall–Kier alpha value is -3.33. The maximum atomic E-state index is 12.9. The van der Waals surface area contributed by atoms with Crippen molar-refractivity contribution >= 4 is 17.7 Å². The van der Waals surface area contributed by atoms with Crippen molar-refractivity contribution in [2.75, 3.05) is 7.11 Å². The average molecular weight is 417 g/mol. The Balaban J connectivity index is 2.14. The second-order valence-corrected chi connectivity index (χ2v) is 7.40. The molecule has 2 rings (SSSR count). The summed E-state index contributed by atoms with van der Waals surface area (Å²) in [6.07, 6.45) is -0.121. The average Bonchev–Trinajstić information content (AvgIpc) is 2.96. The topological polar surface area (TPSA) is 155 Å². The van der Waals surface area contributed by atoms with Gasteiger partial charge in [-0.3, -0.25) is 14.6 Å². The highest BCUT2D eigenvalue weighted by atomic mass is 16.5. The third-order valence-electron chi connectivity index (χ3n) is 4.86. The van der Waals surface area contributed by atoms with E-state index in [1.54, 1.807) is 38.1 Å². The zero-order valence-corrected chi connectivity index (χ0v) is 17.4. The van der Waals surface area contributed by atoms with Crippen LogP contribution in [0.15, 0.2) is 24.3 Å². The van der Waals surface area contributed by atoms with E-state index in [1.165, 1.54) is 14.0 Å². The summed E-state index contributed by atoms with van der Waals surface area (Å²) in [5.74, 6) is -2.54. The molecule has 0 aliphatic carbocycles. The number of carbonyl (C=O) groups excluding carboxylic acids is 3. The van der Waals surface area contributed by atoms with E-state index < -0.39 is 35.6 Å². The predicted octanol–water partition coefficient (Wildman–Crippen LogP) is 1.93. The number of H-pyrrole nitrogens is 1. The summed E-state index contributed by atoms with van der Waals surface area (Å²) < 4.78 is 4.68. The fourth-order valence-electron chi connectivity index (χ4n) is 3.12. The van der Waals surface area contributed by atoms with Gasteiger partial charge in [0.15, 0.2) is 11.7 Å². The first kappa shape index (κ1) is 23.0. The number of rotatable bonds is 8. The summed E-state index contributed by atoms with van der Waals surface area (Å²) >= 11 is 0. The first-order valence-corrected chi connectivity index (χ1v) is 9.44. The molecule has 1 heterocycles. The van der Waals surface area contributed by atoms with Crippen LogP contribution < -0.4 is 11.1 Å². The number of benzene rings is 1. The highest BCUT2D eigenvalue weighted by Crippen LogP contribution is 2.30. The second kappa shape index (κ2) is 9.45. The van der Waals surface area contributed by atoms with Crippen LogP contribution in [0.5, 0.6) is 11.8 Å². The fourth-order valence-corrected chi connectivity index (χ4v) is 3.12. The number of Topliss-reactive ketones (excluding diaryl/α,β-unsaturated/α-hetero) is 1. The molecule has 2 aromatic rings. The first-order chi connectivity index (χ1) is 14.1. The van der Waals surface area contributed by atoms with Crippen molar-refractivity contribution in [1.82, 2.24) is 10.3 Å². The van der Waals surface area contributed by atoms with E-state index in [-0.39, 0.29) is 29.3 Å². The highest BCUT2D eigenvalue weighted by Gasteiger charge is 2.31. The van der Waals surface area contributed by atoms with E-state index in [2.05, 4.69) is 15.0 Å². The van der Waals surface area contributed by atoms with Gasteiger partial charge < -0.3 is 26.0 Å². The summed E-state index contributed by atoms with van der Waals surface area (Å²) in [6, 6.07) is 4.84. The molecule has 1 unspecified atom stereocenters. The number of nitrogens with one attached hydrogen (secondary N) is 2. The van der Waals surface area contributed by atoms with Crippen LogP contribution in [0.25, 0.3) is 0 Å². The molecule has 0 fully saturated rings. The molecule has 0 saturated carbocycles. The van der Waals surface area contributed by atoms with Crippen LogP contribution in [-0.4, -0.2) is 46.0 Å². The van der Waals surface area contributed by atoms with Crippen molar-refractivity contribution in [2.24, 2.45) is 11.7 Å². The lowest BCUT2D eigenvalue weighted by Crippen LogP contribution is -2.45. The van der Waals surface area contributed by atoms with E-state index in [0.717, 1.165) is 0 Å². The lowest BCUT2D eigenvalue weighted by molar-refractivity contribution is -0.122. The van der Waals surface area contributed by atoms with Crippen molar-refractivity contribution in [3.05, 3.63) is 46.5 Å². The number of hydrogen-bond acceptors (Lipinski definition) is 7. The maximum Gasteiger partial charge on any atom is 0.337 e. The number of amides is 1. The van der Waals surface area contributed by atoms with Crippen LogP contribution in [0.3, 0.4) is 0 Å². The molecule has 0 aliphatic rings. The van der Waals surface area contributed by atoms with Crippen LogP contribution in [0.1, 0.15) is 58.2 Å². The van der Waals surface area contributed by atoms with E-state index in [1.807, 2.05) is 0 Å².